The number of aromatic nitrogens is 2. The van der Waals surface area contributed by atoms with Crippen molar-refractivity contribution < 1.29 is 4.79 Å². The van der Waals surface area contributed by atoms with Crippen molar-refractivity contribution in [2.75, 3.05) is 18.2 Å². The Morgan fingerprint density at radius 2 is 2.15 bits per heavy atom. The second kappa shape index (κ2) is 3.81. The van der Waals surface area contributed by atoms with Crippen molar-refractivity contribution in [1.29, 1.82) is 0 Å². The molecular formula is C7H11N5O. The second-order valence-electron chi connectivity index (χ2n) is 2.42. The number of carbonyl (C=O) groups excluding carboxylic acids is 1. The zero-order valence-electron chi connectivity index (χ0n) is 7.46. The fraction of sp³-hybridized carbons (Fsp3) is 0.286. The number of nitrogen functional groups attached to an aromatic ring is 1. The number of nitrogens with two attached hydrogens (primary N) is 1. The first kappa shape index (κ1) is 9.40. The standard InChI is InChI=1S/C7H11N5O/c1-4-6(8)11-7(12-9-2)5(3-13)10-4/h3,9H,1-2H3,(H3,8,11,12). The van der Waals surface area contributed by atoms with Gasteiger partial charge in [0.1, 0.15) is 11.5 Å². The molecule has 0 bridgehead atoms. The van der Waals surface area contributed by atoms with Crippen LogP contribution in [0, 0.1) is 6.92 Å². The summed E-state index contributed by atoms with van der Waals surface area (Å²) in [5.74, 6) is 0.643. The number of nitrogens with zero attached hydrogens (tertiary/aromatic N) is 2. The summed E-state index contributed by atoms with van der Waals surface area (Å²) in [6, 6.07) is 0. The number of hydrazine groups is 1. The molecule has 6 nitrogen and oxygen atoms in total. The zero-order chi connectivity index (χ0) is 9.84. The molecule has 1 aromatic heterocycles. The minimum Gasteiger partial charge on any atom is -0.382 e. The number of carbonyl (C=O) groups is 1. The fourth-order valence-electron chi connectivity index (χ4n) is 0.842. The van der Waals surface area contributed by atoms with Gasteiger partial charge in [-0.15, -0.1) is 0 Å². The van der Waals surface area contributed by atoms with Gasteiger partial charge in [0.25, 0.3) is 0 Å². The smallest absolute Gasteiger partial charge is 0.172 e. The second-order valence-corrected chi connectivity index (χ2v) is 2.42. The van der Waals surface area contributed by atoms with Gasteiger partial charge in [0.2, 0.25) is 0 Å². The molecule has 0 saturated carbocycles. The van der Waals surface area contributed by atoms with Gasteiger partial charge in [0.05, 0.1) is 5.69 Å². The van der Waals surface area contributed by atoms with Crippen molar-refractivity contribution in [1.82, 2.24) is 15.4 Å². The lowest BCUT2D eigenvalue weighted by Crippen LogP contribution is -2.19. The summed E-state index contributed by atoms with van der Waals surface area (Å²) in [7, 11) is 1.66. The van der Waals surface area contributed by atoms with E-state index >= 15 is 0 Å². The van der Waals surface area contributed by atoms with Crippen LogP contribution in [0.1, 0.15) is 16.2 Å². The molecule has 0 aliphatic heterocycles. The van der Waals surface area contributed by atoms with Gasteiger partial charge in [-0.3, -0.25) is 4.79 Å². The highest BCUT2D eigenvalue weighted by Gasteiger charge is 2.07. The molecule has 0 aliphatic rings. The van der Waals surface area contributed by atoms with E-state index < -0.39 is 0 Å². The predicted octanol–water partition coefficient (Wildman–Crippen LogP) is -0.274. The average molecular weight is 181 g/mol. The first-order chi connectivity index (χ1) is 6.19. The fourth-order valence-corrected chi connectivity index (χ4v) is 0.842. The van der Waals surface area contributed by atoms with E-state index in [4.69, 9.17) is 5.73 Å². The van der Waals surface area contributed by atoms with E-state index in [1.807, 2.05) is 0 Å². The Balaban J connectivity index is 3.16. The number of rotatable bonds is 3. The molecule has 0 unspecified atom stereocenters. The van der Waals surface area contributed by atoms with Gasteiger partial charge in [0, 0.05) is 7.05 Å². The lowest BCUT2D eigenvalue weighted by molar-refractivity contribution is 0.111. The van der Waals surface area contributed by atoms with Crippen LogP contribution in [0.15, 0.2) is 0 Å². The molecule has 4 N–H and O–H groups in total. The van der Waals surface area contributed by atoms with E-state index in [9.17, 15) is 4.79 Å². The molecule has 13 heavy (non-hydrogen) atoms. The van der Waals surface area contributed by atoms with Crippen LogP contribution in [0.25, 0.3) is 0 Å². The Bertz CT molecular complexity index is 325. The number of nitrogens with one attached hydrogen (secondary N) is 2. The normalized spacial score (nSPS) is 9.69. The van der Waals surface area contributed by atoms with Crippen molar-refractivity contribution in [2.24, 2.45) is 0 Å². The van der Waals surface area contributed by atoms with Gasteiger partial charge in [0.15, 0.2) is 12.1 Å². The summed E-state index contributed by atoms with van der Waals surface area (Å²) in [6.45, 7) is 1.69. The van der Waals surface area contributed by atoms with Crippen molar-refractivity contribution in [3.8, 4) is 0 Å². The summed E-state index contributed by atoms with van der Waals surface area (Å²) >= 11 is 0. The van der Waals surface area contributed by atoms with Crippen LogP contribution in [0.4, 0.5) is 11.6 Å². The summed E-state index contributed by atoms with van der Waals surface area (Å²) in [5, 5.41) is 0. The molecule has 0 aromatic carbocycles. The lowest BCUT2D eigenvalue weighted by Gasteiger charge is -2.07. The minimum absolute atomic E-state index is 0.237. The Kier molecular flexibility index (Phi) is 2.76. The molecule has 0 radical (unpaired) electrons. The molecule has 1 aromatic rings. The molecule has 0 aliphatic carbocycles. The summed E-state index contributed by atoms with van der Waals surface area (Å²) in [4.78, 5) is 18.4. The molecule has 1 rings (SSSR count). The van der Waals surface area contributed by atoms with Crippen LogP contribution < -0.4 is 16.6 Å². The summed E-state index contributed by atoms with van der Waals surface area (Å²) < 4.78 is 0. The van der Waals surface area contributed by atoms with E-state index in [1.165, 1.54) is 0 Å². The van der Waals surface area contributed by atoms with E-state index in [0.29, 0.717) is 23.6 Å². The molecule has 6 heteroatoms. The number of aldehydes is 1. The highest BCUT2D eigenvalue weighted by atomic mass is 16.1. The van der Waals surface area contributed by atoms with Crippen molar-refractivity contribution >= 4 is 17.9 Å². The monoisotopic (exact) mass is 181 g/mol. The van der Waals surface area contributed by atoms with E-state index in [-0.39, 0.29) is 5.69 Å². The number of hydrogen-bond acceptors (Lipinski definition) is 6. The lowest BCUT2D eigenvalue weighted by atomic mass is 10.4. The molecule has 0 saturated heterocycles. The van der Waals surface area contributed by atoms with Gasteiger partial charge in [-0.1, -0.05) is 0 Å². The quantitative estimate of drug-likeness (QED) is 0.439. The molecule has 0 amide bonds. The molecular weight excluding hydrogens is 170 g/mol. The topological polar surface area (TPSA) is 92.9 Å². The third-order valence-corrected chi connectivity index (χ3v) is 1.49. The van der Waals surface area contributed by atoms with Crippen LogP contribution >= 0.6 is 0 Å². The van der Waals surface area contributed by atoms with Gasteiger partial charge in [-0.25, -0.2) is 15.4 Å². The van der Waals surface area contributed by atoms with Crippen LogP contribution in [0.5, 0.6) is 0 Å². The maximum atomic E-state index is 10.6. The van der Waals surface area contributed by atoms with Crippen molar-refractivity contribution in [2.45, 2.75) is 6.92 Å². The number of hydrogen-bond donors (Lipinski definition) is 3. The van der Waals surface area contributed by atoms with Crippen LogP contribution in [0.3, 0.4) is 0 Å². The third-order valence-electron chi connectivity index (χ3n) is 1.49. The van der Waals surface area contributed by atoms with Crippen LogP contribution in [0.2, 0.25) is 0 Å². The Labute approximate surface area is 75.5 Å². The van der Waals surface area contributed by atoms with Crippen molar-refractivity contribution in [3.05, 3.63) is 11.4 Å². The van der Waals surface area contributed by atoms with Gasteiger partial charge in [-0.2, -0.15) is 0 Å². The van der Waals surface area contributed by atoms with Crippen LogP contribution in [-0.2, 0) is 0 Å². The molecule has 0 fully saturated rings. The van der Waals surface area contributed by atoms with E-state index in [1.54, 1.807) is 14.0 Å². The maximum Gasteiger partial charge on any atom is 0.172 e. The Morgan fingerprint density at radius 1 is 1.46 bits per heavy atom. The minimum atomic E-state index is 0.237. The Hall–Kier alpha value is -1.69. The van der Waals surface area contributed by atoms with Gasteiger partial charge in [-0.05, 0) is 6.92 Å². The van der Waals surface area contributed by atoms with Crippen LogP contribution in [-0.4, -0.2) is 23.3 Å². The zero-order valence-corrected chi connectivity index (χ0v) is 7.46. The first-order valence-corrected chi connectivity index (χ1v) is 3.71. The highest BCUT2D eigenvalue weighted by molar-refractivity contribution is 5.80. The predicted molar refractivity (Wildman–Crippen MR) is 49.3 cm³/mol. The average Bonchev–Trinajstić information content (AvgIpc) is 2.11. The van der Waals surface area contributed by atoms with Gasteiger partial charge < -0.3 is 11.2 Å². The highest BCUT2D eigenvalue weighted by Crippen LogP contribution is 2.11. The summed E-state index contributed by atoms with van der Waals surface area (Å²) in [5.41, 5.74) is 11.6. The SMILES string of the molecule is CNNc1nc(N)c(C)nc1C=O. The van der Waals surface area contributed by atoms with E-state index in [2.05, 4.69) is 20.8 Å². The van der Waals surface area contributed by atoms with E-state index in [0.717, 1.165) is 0 Å². The number of aryl methyl sites for hydroxylation is 1. The summed E-state index contributed by atoms with van der Waals surface area (Å²) in [6.07, 6.45) is 0.624. The largest absolute Gasteiger partial charge is 0.382 e. The Morgan fingerprint density at radius 3 is 2.69 bits per heavy atom. The molecule has 0 spiro atoms. The maximum absolute atomic E-state index is 10.6. The molecule has 1 heterocycles. The molecule has 70 valence electrons. The number of anilines is 2. The third kappa shape index (κ3) is 1.91. The van der Waals surface area contributed by atoms with Crippen molar-refractivity contribution in [3.63, 3.8) is 0 Å². The first-order valence-electron chi connectivity index (χ1n) is 3.71. The van der Waals surface area contributed by atoms with Gasteiger partial charge >= 0.3 is 0 Å². The molecule has 0 atom stereocenters.